The third-order valence-electron chi connectivity index (χ3n) is 2.19. The van der Waals surface area contributed by atoms with E-state index in [-0.39, 0.29) is 5.78 Å². The van der Waals surface area contributed by atoms with E-state index in [0.29, 0.717) is 22.8 Å². The largest absolute Gasteiger partial charge is 0.496 e. The Balaban J connectivity index is 2.41. The van der Waals surface area contributed by atoms with Crippen LogP contribution < -0.4 is 10.5 Å². The summed E-state index contributed by atoms with van der Waals surface area (Å²) in [5.41, 5.74) is 6.27. The van der Waals surface area contributed by atoms with E-state index in [1.807, 2.05) is 0 Å². The van der Waals surface area contributed by atoms with Crippen LogP contribution in [0.2, 0.25) is 0 Å². The second kappa shape index (κ2) is 4.06. The van der Waals surface area contributed by atoms with E-state index in [1.54, 1.807) is 24.3 Å². The molecule has 0 bridgehead atoms. The number of rotatable bonds is 3. The van der Waals surface area contributed by atoms with Crippen LogP contribution in [0.25, 0.3) is 0 Å². The number of aromatic nitrogens is 2. The molecule has 0 aliphatic rings. The van der Waals surface area contributed by atoms with Crippen LogP contribution in [0.5, 0.6) is 5.75 Å². The van der Waals surface area contributed by atoms with Gasteiger partial charge < -0.3 is 10.5 Å². The number of nitrogens with one attached hydrogen (secondary N) is 1. The molecule has 16 heavy (non-hydrogen) atoms. The predicted molar refractivity (Wildman–Crippen MR) is 59.4 cm³/mol. The Morgan fingerprint density at radius 1 is 1.44 bits per heavy atom. The molecular weight excluding hydrogens is 206 g/mol. The highest BCUT2D eigenvalue weighted by molar-refractivity contribution is 6.09. The Bertz CT molecular complexity index is 519. The second-order valence-electron chi connectivity index (χ2n) is 3.24. The maximum Gasteiger partial charge on any atom is 0.214 e. The van der Waals surface area contributed by atoms with Gasteiger partial charge in [0, 0.05) is 6.07 Å². The van der Waals surface area contributed by atoms with Gasteiger partial charge in [0.2, 0.25) is 5.78 Å². The average Bonchev–Trinajstić information content (AvgIpc) is 2.75. The second-order valence-corrected chi connectivity index (χ2v) is 3.24. The minimum atomic E-state index is -0.193. The van der Waals surface area contributed by atoms with Crippen molar-refractivity contribution in [3.05, 3.63) is 41.6 Å². The number of carbonyl (C=O) groups excluding carboxylic acids is 1. The summed E-state index contributed by atoms with van der Waals surface area (Å²) < 4.78 is 5.11. The van der Waals surface area contributed by atoms with Gasteiger partial charge in [-0.15, -0.1) is 0 Å². The Hall–Kier alpha value is -2.30. The Kier molecular flexibility index (Phi) is 2.59. The van der Waals surface area contributed by atoms with Crippen molar-refractivity contribution in [1.82, 2.24) is 10.2 Å². The highest BCUT2D eigenvalue weighted by Crippen LogP contribution is 2.20. The van der Waals surface area contributed by atoms with Crippen molar-refractivity contribution in [2.45, 2.75) is 0 Å². The fourth-order valence-electron chi connectivity index (χ4n) is 1.43. The number of nitrogen functional groups attached to an aromatic ring is 1. The van der Waals surface area contributed by atoms with Crippen LogP contribution in [0.1, 0.15) is 16.1 Å². The molecule has 0 atom stereocenters. The molecule has 0 aliphatic heterocycles. The molecular formula is C11H11N3O2. The fourth-order valence-corrected chi connectivity index (χ4v) is 1.43. The number of ether oxygens (including phenoxy) is 1. The summed E-state index contributed by atoms with van der Waals surface area (Å²) in [5, 5.41) is 6.28. The van der Waals surface area contributed by atoms with Crippen molar-refractivity contribution in [2.24, 2.45) is 0 Å². The number of H-pyrrole nitrogens is 1. The number of hydrogen-bond acceptors (Lipinski definition) is 4. The number of benzene rings is 1. The molecule has 1 aromatic heterocycles. The molecule has 5 heteroatoms. The molecule has 82 valence electrons. The van der Waals surface area contributed by atoms with Crippen molar-refractivity contribution >= 4 is 11.6 Å². The van der Waals surface area contributed by atoms with Gasteiger partial charge in [-0.25, -0.2) is 0 Å². The van der Waals surface area contributed by atoms with E-state index in [1.165, 1.54) is 13.2 Å². The summed E-state index contributed by atoms with van der Waals surface area (Å²) in [4.78, 5) is 12.0. The van der Waals surface area contributed by atoms with Crippen LogP contribution in [0.4, 0.5) is 5.82 Å². The zero-order valence-corrected chi connectivity index (χ0v) is 8.73. The first kappa shape index (κ1) is 10.2. The third-order valence-corrected chi connectivity index (χ3v) is 2.19. The summed E-state index contributed by atoms with van der Waals surface area (Å²) in [6, 6.07) is 8.49. The maximum absolute atomic E-state index is 12.0. The number of methoxy groups -OCH3 is 1. The van der Waals surface area contributed by atoms with E-state index in [4.69, 9.17) is 10.5 Å². The van der Waals surface area contributed by atoms with Gasteiger partial charge in [0.1, 0.15) is 17.3 Å². The molecule has 0 saturated heterocycles. The smallest absolute Gasteiger partial charge is 0.214 e. The van der Waals surface area contributed by atoms with Gasteiger partial charge >= 0.3 is 0 Å². The normalized spacial score (nSPS) is 10.1. The zero-order valence-electron chi connectivity index (χ0n) is 8.73. The summed E-state index contributed by atoms with van der Waals surface area (Å²) in [7, 11) is 1.52. The summed E-state index contributed by atoms with van der Waals surface area (Å²) in [6.07, 6.45) is 0. The minimum Gasteiger partial charge on any atom is -0.496 e. The third kappa shape index (κ3) is 1.75. The summed E-state index contributed by atoms with van der Waals surface area (Å²) in [6.45, 7) is 0. The SMILES string of the molecule is COc1ccccc1C(=O)c1cc(N)n[nH]1. The van der Waals surface area contributed by atoms with Crippen molar-refractivity contribution in [3.63, 3.8) is 0 Å². The van der Waals surface area contributed by atoms with Gasteiger partial charge in [0.05, 0.1) is 12.7 Å². The Morgan fingerprint density at radius 3 is 2.81 bits per heavy atom. The number of ketones is 1. The van der Waals surface area contributed by atoms with Gasteiger partial charge in [-0.05, 0) is 12.1 Å². The van der Waals surface area contributed by atoms with E-state index < -0.39 is 0 Å². The molecule has 1 heterocycles. The van der Waals surface area contributed by atoms with Crippen LogP contribution in [0, 0.1) is 0 Å². The molecule has 2 aromatic rings. The molecule has 0 fully saturated rings. The van der Waals surface area contributed by atoms with Gasteiger partial charge in [-0.3, -0.25) is 9.89 Å². The highest BCUT2D eigenvalue weighted by Gasteiger charge is 2.15. The van der Waals surface area contributed by atoms with E-state index in [0.717, 1.165) is 0 Å². The van der Waals surface area contributed by atoms with Crippen molar-refractivity contribution in [1.29, 1.82) is 0 Å². The first-order chi connectivity index (χ1) is 7.72. The molecule has 5 nitrogen and oxygen atoms in total. The molecule has 2 rings (SSSR count). The van der Waals surface area contributed by atoms with Crippen molar-refractivity contribution in [3.8, 4) is 5.75 Å². The molecule has 0 radical (unpaired) electrons. The lowest BCUT2D eigenvalue weighted by Crippen LogP contribution is -2.04. The van der Waals surface area contributed by atoms with Crippen molar-refractivity contribution < 1.29 is 9.53 Å². The van der Waals surface area contributed by atoms with Crippen LogP contribution in [0.3, 0.4) is 0 Å². The quantitative estimate of drug-likeness (QED) is 0.758. The van der Waals surface area contributed by atoms with Gasteiger partial charge in [0.25, 0.3) is 0 Å². The number of aromatic amines is 1. The lowest BCUT2D eigenvalue weighted by molar-refractivity contribution is 0.103. The number of hydrogen-bond donors (Lipinski definition) is 2. The molecule has 0 spiro atoms. The van der Waals surface area contributed by atoms with Gasteiger partial charge in [0.15, 0.2) is 0 Å². The Morgan fingerprint density at radius 2 is 2.19 bits per heavy atom. The molecule has 1 aromatic carbocycles. The van der Waals surface area contributed by atoms with E-state index in [2.05, 4.69) is 10.2 Å². The Labute approximate surface area is 92.2 Å². The van der Waals surface area contributed by atoms with Crippen LogP contribution in [0.15, 0.2) is 30.3 Å². The number of nitrogens with two attached hydrogens (primary N) is 1. The summed E-state index contributed by atoms with van der Waals surface area (Å²) >= 11 is 0. The number of para-hydroxylation sites is 1. The first-order valence-electron chi connectivity index (χ1n) is 4.71. The number of anilines is 1. The monoisotopic (exact) mass is 217 g/mol. The number of carbonyl (C=O) groups is 1. The van der Waals surface area contributed by atoms with E-state index in [9.17, 15) is 4.79 Å². The molecule has 0 unspecified atom stereocenters. The lowest BCUT2D eigenvalue weighted by Gasteiger charge is -2.05. The van der Waals surface area contributed by atoms with Crippen LogP contribution in [-0.4, -0.2) is 23.1 Å². The minimum absolute atomic E-state index is 0.193. The van der Waals surface area contributed by atoms with Gasteiger partial charge in [-0.2, -0.15) is 5.10 Å². The first-order valence-corrected chi connectivity index (χ1v) is 4.71. The fraction of sp³-hybridized carbons (Fsp3) is 0.0909. The molecule has 3 N–H and O–H groups in total. The van der Waals surface area contributed by atoms with Crippen LogP contribution >= 0.6 is 0 Å². The molecule has 0 aliphatic carbocycles. The van der Waals surface area contributed by atoms with E-state index >= 15 is 0 Å². The van der Waals surface area contributed by atoms with Crippen molar-refractivity contribution in [2.75, 3.05) is 12.8 Å². The number of nitrogens with zero attached hydrogens (tertiary/aromatic N) is 1. The average molecular weight is 217 g/mol. The maximum atomic E-state index is 12.0. The topological polar surface area (TPSA) is 81.0 Å². The molecule has 0 amide bonds. The predicted octanol–water partition coefficient (Wildman–Crippen LogP) is 1.23. The lowest BCUT2D eigenvalue weighted by atomic mass is 10.1. The van der Waals surface area contributed by atoms with Crippen LogP contribution in [-0.2, 0) is 0 Å². The standard InChI is InChI=1S/C11H11N3O2/c1-16-9-5-3-2-4-7(9)11(15)8-6-10(12)14-13-8/h2-6H,1H3,(H3,12,13,14). The summed E-state index contributed by atoms with van der Waals surface area (Å²) in [5.74, 6) is 0.626. The van der Waals surface area contributed by atoms with Gasteiger partial charge in [-0.1, -0.05) is 12.1 Å². The zero-order chi connectivity index (χ0) is 11.5. The highest BCUT2D eigenvalue weighted by atomic mass is 16.5. The molecule has 0 saturated carbocycles.